The second-order valence-corrected chi connectivity index (χ2v) is 8.86. The van der Waals surface area contributed by atoms with Crippen LogP contribution >= 0.6 is 0 Å². The zero-order valence-electron chi connectivity index (χ0n) is 25.5. The Morgan fingerprint density at radius 1 is 0.500 bits per heavy atom. The molecule has 0 atom stereocenters. The number of carbonyl (C=O) groups excluding carboxylic acids is 4. The minimum Gasteiger partial charge on any atom is -0.493 e. The number of hydrogen-bond donors (Lipinski definition) is 0. The molecule has 0 saturated heterocycles. The first-order valence-corrected chi connectivity index (χ1v) is 12.8. The van der Waals surface area contributed by atoms with Crippen molar-refractivity contribution in [1.29, 1.82) is 0 Å². The highest BCUT2D eigenvalue weighted by Crippen LogP contribution is 2.46. The van der Waals surface area contributed by atoms with E-state index in [1.54, 1.807) is 0 Å². The van der Waals surface area contributed by atoms with Crippen LogP contribution in [0.3, 0.4) is 0 Å². The van der Waals surface area contributed by atoms with Gasteiger partial charge in [-0.05, 0) is 46.5 Å². The molecule has 3 aromatic rings. The second-order valence-electron chi connectivity index (χ2n) is 8.86. The lowest BCUT2D eigenvalue weighted by molar-refractivity contribution is -0.140. The van der Waals surface area contributed by atoms with E-state index < -0.39 is 23.9 Å². The van der Waals surface area contributed by atoms with Crippen molar-refractivity contribution in [2.45, 2.75) is 12.8 Å². The molecule has 44 heavy (non-hydrogen) atoms. The molecule has 14 heteroatoms. The van der Waals surface area contributed by atoms with Crippen LogP contribution in [0.25, 0.3) is 22.3 Å². The molecule has 0 aliphatic carbocycles. The van der Waals surface area contributed by atoms with Crippen LogP contribution in [-0.4, -0.2) is 91.0 Å². The topological polar surface area (TPSA) is 168 Å². The summed E-state index contributed by atoms with van der Waals surface area (Å²) in [4.78, 5) is 51.6. The van der Waals surface area contributed by atoms with E-state index in [0.29, 0.717) is 11.1 Å². The van der Waals surface area contributed by atoms with Crippen LogP contribution in [0, 0.1) is 0 Å². The number of aromatic nitrogens is 2. The summed E-state index contributed by atoms with van der Waals surface area (Å²) in [6.07, 6.45) is -0.577. The lowest BCUT2D eigenvalue weighted by atomic mass is 9.86. The molecule has 14 nitrogen and oxygen atoms in total. The van der Waals surface area contributed by atoms with E-state index >= 15 is 0 Å². The molecule has 0 radical (unpaired) electrons. The van der Waals surface area contributed by atoms with Crippen molar-refractivity contribution in [3.8, 4) is 45.3 Å². The Labute approximate surface area is 253 Å². The van der Waals surface area contributed by atoms with Gasteiger partial charge in [-0.15, -0.1) is 10.2 Å². The monoisotopic (exact) mass is 612 g/mol. The van der Waals surface area contributed by atoms with Crippen molar-refractivity contribution in [3.05, 3.63) is 46.8 Å². The minimum atomic E-state index is -0.918. The Hall–Kier alpha value is -5.40. The standard InChI is InChI=1S/C30H32N2O12/c1-37-19-9-15(11-23(33)41-5)17(13-21(19)39-3)25-26(28(30(36)44-8)32-31-27(25)29(35)43-7)18-14-22(40-4)20(38-2)10-16(18)12-24(34)42-6/h9-10,13-14H,11-12H2,1-8H3. The molecule has 0 N–H and O–H groups in total. The number of methoxy groups -OCH3 is 8. The predicted octanol–water partition coefficient (Wildman–Crippen LogP) is 2.85. The van der Waals surface area contributed by atoms with Crippen LogP contribution in [0.1, 0.15) is 32.1 Å². The summed E-state index contributed by atoms with van der Waals surface area (Å²) < 4.78 is 41.9. The molecule has 0 saturated carbocycles. The van der Waals surface area contributed by atoms with E-state index in [2.05, 4.69) is 10.2 Å². The van der Waals surface area contributed by atoms with Crippen LogP contribution in [0.2, 0.25) is 0 Å². The molecule has 0 bridgehead atoms. The Bertz CT molecular complexity index is 1470. The van der Waals surface area contributed by atoms with Gasteiger partial charge in [-0.3, -0.25) is 9.59 Å². The number of esters is 4. The number of hydrogen-bond acceptors (Lipinski definition) is 14. The number of rotatable bonds is 12. The average Bonchev–Trinajstić information content (AvgIpc) is 3.06. The molecule has 0 aliphatic rings. The van der Waals surface area contributed by atoms with Crippen molar-refractivity contribution in [1.82, 2.24) is 10.2 Å². The van der Waals surface area contributed by atoms with E-state index in [9.17, 15) is 19.2 Å². The van der Waals surface area contributed by atoms with Gasteiger partial charge in [0.05, 0.1) is 69.7 Å². The van der Waals surface area contributed by atoms with Crippen molar-refractivity contribution in [2.75, 3.05) is 56.9 Å². The zero-order valence-corrected chi connectivity index (χ0v) is 25.5. The average molecular weight is 613 g/mol. The molecule has 0 unspecified atom stereocenters. The van der Waals surface area contributed by atoms with Crippen LogP contribution in [0.4, 0.5) is 0 Å². The van der Waals surface area contributed by atoms with Gasteiger partial charge in [-0.2, -0.15) is 0 Å². The quantitative estimate of drug-likeness (QED) is 0.216. The SMILES string of the molecule is COC(=O)Cc1cc(OC)c(OC)cc1-c1c(C(=O)OC)nnc(C(=O)OC)c1-c1cc(OC)c(OC)cc1CC(=O)OC. The van der Waals surface area contributed by atoms with Crippen LogP contribution < -0.4 is 18.9 Å². The second kappa shape index (κ2) is 14.7. The van der Waals surface area contributed by atoms with E-state index in [4.69, 9.17) is 37.9 Å². The summed E-state index contributed by atoms with van der Waals surface area (Å²) >= 11 is 0. The van der Waals surface area contributed by atoms with Crippen LogP contribution in [-0.2, 0) is 41.4 Å². The summed E-state index contributed by atoms with van der Waals surface area (Å²) in [6, 6.07) is 6.06. The lowest BCUT2D eigenvalue weighted by Gasteiger charge is -2.22. The lowest BCUT2D eigenvalue weighted by Crippen LogP contribution is -2.17. The molecule has 0 fully saturated rings. The molecular formula is C30H32N2O12. The first kappa shape index (κ1) is 33.1. The maximum Gasteiger partial charge on any atom is 0.359 e. The third-order valence-corrected chi connectivity index (χ3v) is 6.61. The molecule has 234 valence electrons. The van der Waals surface area contributed by atoms with Gasteiger partial charge in [-0.25, -0.2) is 9.59 Å². The van der Waals surface area contributed by atoms with Gasteiger partial charge in [0, 0.05) is 11.1 Å². The van der Waals surface area contributed by atoms with E-state index in [0.717, 1.165) is 14.2 Å². The van der Waals surface area contributed by atoms with Gasteiger partial charge >= 0.3 is 23.9 Å². The normalized spacial score (nSPS) is 10.4. The van der Waals surface area contributed by atoms with Gasteiger partial charge in [0.2, 0.25) is 0 Å². The van der Waals surface area contributed by atoms with E-state index in [-0.39, 0.29) is 69.5 Å². The highest BCUT2D eigenvalue weighted by Gasteiger charge is 2.32. The van der Waals surface area contributed by atoms with Crippen LogP contribution in [0.5, 0.6) is 23.0 Å². The van der Waals surface area contributed by atoms with Crippen molar-refractivity contribution < 1.29 is 57.1 Å². The molecule has 0 aliphatic heterocycles. The maximum atomic E-state index is 13.2. The summed E-state index contributed by atoms with van der Waals surface area (Å²) in [5.41, 5.74) is 0.388. The fourth-order valence-electron chi connectivity index (χ4n) is 4.50. The molecule has 0 spiro atoms. The summed E-state index contributed by atoms with van der Waals surface area (Å²) in [7, 11) is 10.4. The maximum absolute atomic E-state index is 13.2. The first-order valence-electron chi connectivity index (χ1n) is 12.8. The first-order chi connectivity index (χ1) is 21.1. The minimum absolute atomic E-state index is 0.00504. The Balaban J connectivity index is 2.69. The van der Waals surface area contributed by atoms with Gasteiger partial charge < -0.3 is 37.9 Å². The Morgan fingerprint density at radius 2 is 0.818 bits per heavy atom. The molecule has 0 amide bonds. The fourth-order valence-corrected chi connectivity index (χ4v) is 4.50. The summed E-state index contributed by atoms with van der Waals surface area (Å²) in [5.74, 6) is -2.10. The molecular weight excluding hydrogens is 580 g/mol. The van der Waals surface area contributed by atoms with Gasteiger partial charge in [-0.1, -0.05) is 0 Å². The predicted molar refractivity (Wildman–Crippen MR) is 153 cm³/mol. The third kappa shape index (κ3) is 6.64. The summed E-state index contributed by atoms with van der Waals surface area (Å²) in [6.45, 7) is 0. The fraction of sp³-hybridized carbons (Fsp3) is 0.333. The largest absolute Gasteiger partial charge is 0.493 e. The number of nitrogens with zero attached hydrogens (tertiary/aromatic N) is 2. The Kier molecular flexibility index (Phi) is 11.0. The zero-order chi connectivity index (χ0) is 32.6. The number of benzene rings is 2. The van der Waals surface area contributed by atoms with Gasteiger partial charge in [0.25, 0.3) is 0 Å². The van der Waals surface area contributed by atoms with E-state index in [1.165, 1.54) is 66.9 Å². The van der Waals surface area contributed by atoms with Gasteiger partial charge in [0.1, 0.15) is 0 Å². The van der Waals surface area contributed by atoms with Gasteiger partial charge in [0.15, 0.2) is 34.4 Å². The summed E-state index contributed by atoms with van der Waals surface area (Å²) in [5, 5.41) is 8.08. The number of carbonyl (C=O) groups is 4. The molecule has 2 aromatic carbocycles. The van der Waals surface area contributed by atoms with Crippen molar-refractivity contribution >= 4 is 23.9 Å². The van der Waals surface area contributed by atoms with E-state index in [1.807, 2.05) is 0 Å². The highest BCUT2D eigenvalue weighted by molar-refractivity contribution is 6.07. The Morgan fingerprint density at radius 3 is 1.09 bits per heavy atom. The molecule has 1 heterocycles. The third-order valence-electron chi connectivity index (χ3n) is 6.61. The van der Waals surface area contributed by atoms with Crippen molar-refractivity contribution in [3.63, 3.8) is 0 Å². The molecule has 1 aromatic heterocycles. The molecule has 3 rings (SSSR count). The number of ether oxygens (including phenoxy) is 8. The highest BCUT2D eigenvalue weighted by atomic mass is 16.5. The van der Waals surface area contributed by atoms with Crippen LogP contribution in [0.15, 0.2) is 24.3 Å². The van der Waals surface area contributed by atoms with Crippen molar-refractivity contribution in [2.24, 2.45) is 0 Å². The smallest absolute Gasteiger partial charge is 0.359 e.